The summed E-state index contributed by atoms with van der Waals surface area (Å²) in [4.78, 5) is 16.3. The highest BCUT2D eigenvalue weighted by molar-refractivity contribution is 6.06. The molecule has 0 bridgehead atoms. The molecule has 1 heterocycles. The van der Waals surface area contributed by atoms with Gasteiger partial charge in [0.2, 0.25) is 5.91 Å². The topological polar surface area (TPSA) is 42.0 Å². The number of carbonyl (C=O) groups is 1. The van der Waals surface area contributed by atoms with Crippen LogP contribution in [0.3, 0.4) is 0 Å². The molecule has 0 aliphatic carbocycles. The number of para-hydroxylation sites is 1. The molecular weight excluding hydrogens is 296 g/mol. The number of fused-ring (bicyclic) bond motifs is 1. The van der Waals surface area contributed by atoms with Gasteiger partial charge in [-0.15, -0.1) is 12.4 Å². The van der Waals surface area contributed by atoms with Crippen molar-refractivity contribution in [3.8, 4) is 0 Å². The number of nitrogens with zero attached hydrogens (tertiary/aromatic N) is 1. The third-order valence-electron chi connectivity index (χ3n) is 3.13. The smallest absolute Gasteiger partial charge is 0.248 e. The fraction of sp³-hybridized carbons (Fsp3) is 0. The molecule has 1 aromatic heterocycles. The molecule has 1 N–H and O–H groups in total. The third-order valence-corrected chi connectivity index (χ3v) is 3.13. The van der Waals surface area contributed by atoms with Gasteiger partial charge in [-0.3, -0.25) is 9.78 Å². The number of benzene rings is 2. The highest BCUT2D eigenvalue weighted by atomic mass is 35.5. The molecule has 1 amide bonds. The Kier molecular flexibility index (Phi) is 5.28. The molecule has 0 spiro atoms. The van der Waals surface area contributed by atoms with Gasteiger partial charge in [0, 0.05) is 17.7 Å². The van der Waals surface area contributed by atoms with Gasteiger partial charge in [0.1, 0.15) is 0 Å². The first-order chi connectivity index (χ1) is 10.3. The molecule has 0 saturated heterocycles. The number of hydrogen-bond acceptors (Lipinski definition) is 2. The number of halogens is 1. The van der Waals surface area contributed by atoms with Gasteiger partial charge in [0.25, 0.3) is 0 Å². The van der Waals surface area contributed by atoms with E-state index in [4.69, 9.17) is 0 Å². The third kappa shape index (κ3) is 3.71. The van der Waals surface area contributed by atoms with Crippen molar-refractivity contribution in [3.05, 3.63) is 78.5 Å². The number of rotatable bonds is 3. The molecule has 0 fully saturated rings. The van der Waals surface area contributed by atoms with E-state index in [-0.39, 0.29) is 18.3 Å². The summed E-state index contributed by atoms with van der Waals surface area (Å²) in [5.74, 6) is -0.157. The van der Waals surface area contributed by atoms with Crippen LogP contribution in [-0.2, 0) is 4.79 Å². The molecule has 0 radical (unpaired) electrons. The van der Waals surface area contributed by atoms with E-state index in [0.29, 0.717) is 0 Å². The molecule has 4 heteroatoms. The van der Waals surface area contributed by atoms with E-state index in [2.05, 4.69) is 10.3 Å². The number of hydrogen-bond donors (Lipinski definition) is 1. The molecule has 0 atom stereocenters. The van der Waals surface area contributed by atoms with Gasteiger partial charge in [-0.1, -0.05) is 48.5 Å². The Bertz CT molecular complexity index is 795. The lowest BCUT2D eigenvalue weighted by Crippen LogP contribution is -2.08. The van der Waals surface area contributed by atoms with Crippen molar-refractivity contribution in [2.75, 3.05) is 5.32 Å². The summed E-state index contributed by atoms with van der Waals surface area (Å²) in [7, 11) is 0. The monoisotopic (exact) mass is 310 g/mol. The molecule has 0 unspecified atom stereocenters. The lowest BCUT2D eigenvalue weighted by Gasteiger charge is -2.05. The Morgan fingerprint density at radius 3 is 2.50 bits per heavy atom. The minimum Gasteiger partial charge on any atom is -0.322 e. The average molecular weight is 311 g/mol. The largest absolute Gasteiger partial charge is 0.322 e. The van der Waals surface area contributed by atoms with Crippen LogP contribution in [-0.4, -0.2) is 10.9 Å². The van der Waals surface area contributed by atoms with E-state index >= 15 is 0 Å². The summed E-state index contributed by atoms with van der Waals surface area (Å²) in [6.45, 7) is 0. The Morgan fingerprint density at radius 2 is 1.68 bits per heavy atom. The van der Waals surface area contributed by atoms with Crippen LogP contribution in [0.15, 0.2) is 72.9 Å². The quantitative estimate of drug-likeness (QED) is 0.732. The second-order valence-corrected chi connectivity index (χ2v) is 4.61. The van der Waals surface area contributed by atoms with Crippen molar-refractivity contribution in [3.63, 3.8) is 0 Å². The van der Waals surface area contributed by atoms with Crippen LogP contribution >= 0.6 is 12.4 Å². The van der Waals surface area contributed by atoms with Crippen molar-refractivity contribution in [1.29, 1.82) is 0 Å². The van der Waals surface area contributed by atoms with Crippen LogP contribution in [0.4, 0.5) is 5.69 Å². The van der Waals surface area contributed by atoms with Crippen LogP contribution in [0.5, 0.6) is 0 Å². The summed E-state index contributed by atoms with van der Waals surface area (Å²) < 4.78 is 0. The highest BCUT2D eigenvalue weighted by Gasteiger charge is 2.03. The summed E-state index contributed by atoms with van der Waals surface area (Å²) in [6, 6.07) is 19.2. The Balaban J connectivity index is 0.00000176. The fourth-order valence-corrected chi connectivity index (χ4v) is 2.12. The fourth-order valence-electron chi connectivity index (χ4n) is 2.12. The maximum atomic E-state index is 12.0. The Labute approximate surface area is 135 Å². The zero-order valence-corrected chi connectivity index (χ0v) is 12.6. The first-order valence-corrected chi connectivity index (χ1v) is 6.71. The van der Waals surface area contributed by atoms with Crippen LogP contribution in [0.25, 0.3) is 17.0 Å². The van der Waals surface area contributed by atoms with Gasteiger partial charge >= 0.3 is 0 Å². The minimum atomic E-state index is -0.157. The highest BCUT2D eigenvalue weighted by Crippen LogP contribution is 2.20. The molecule has 110 valence electrons. The second kappa shape index (κ2) is 7.38. The maximum Gasteiger partial charge on any atom is 0.248 e. The predicted octanol–water partition coefficient (Wildman–Crippen LogP) is 4.31. The second-order valence-electron chi connectivity index (χ2n) is 4.61. The van der Waals surface area contributed by atoms with Gasteiger partial charge in [-0.2, -0.15) is 0 Å². The van der Waals surface area contributed by atoms with Crippen LogP contribution in [0.1, 0.15) is 5.56 Å². The Hall–Kier alpha value is -2.65. The molecule has 0 saturated carbocycles. The zero-order valence-electron chi connectivity index (χ0n) is 11.8. The SMILES string of the molecule is Cl.O=C(/C=C/c1ccccc1)Nc1ccnc2ccccc12. The normalized spacial score (nSPS) is 10.4. The number of aromatic nitrogens is 1. The minimum absolute atomic E-state index is 0. The molecule has 0 aliphatic rings. The first kappa shape index (κ1) is 15.7. The van der Waals surface area contributed by atoms with Gasteiger partial charge in [0.05, 0.1) is 11.2 Å². The van der Waals surface area contributed by atoms with E-state index in [9.17, 15) is 4.79 Å². The average Bonchev–Trinajstić information content (AvgIpc) is 2.54. The lowest BCUT2D eigenvalue weighted by atomic mass is 10.2. The van der Waals surface area contributed by atoms with Crippen LogP contribution < -0.4 is 5.32 Å². The standard InChI is InChI=1S/C18H14N2O.ClH/c21-18(11-10-14-6-2-1-3-7-14)20-17-12-13-19-16-9-5-4-8-15(16)17;/h1-13H,(H,19,20,21);1H/b11-10+;. The first-order valence-electron chi connectivity index (χ1n) is 6.71. The Morgan fingerprint density at radius 1 is 0.955 bits per heavy atom. The molecule has 3 rings (SSSR count). The van der Waals surface area contributed by atoms with E-state index in [0.717, 1.165) is 22.2 Å². The van der Waals surface area contributed by atoms with Crippen molar-refractivity contribution in [1.82, 2.24) is 4.98 Å². The molecule has 22 heavy (non-hydrogen) atoms. The van der Waals surface area contributed by atoms with Crippen molar-refractivity contribution in [2.24, 2.45) is 0 Å². The summed E-state index contributed by atoms with van der Waals surface area (Å²) in [5, 5.41) is 3.82. The van der Waals surface area contributed by atoms with Gasteiger partial charge in [-0.05, 0) is 23.8 Å². The zero-order chi connectivity index (χ0) is 14.5. The van der Waals surface area contributed by atoms with Crippen molar-refractivity contribution in [2.45, 2.75) is 0 Å². The lowest BCUT2D eigenvalue weighted by molar-refractivity contribution is -0.111. The van der Waals surface area contributed by atoms with Gasteiger partial charge in [-0.25, -0.2) is 0 Å². The predicted molar refractivity (Wildman–Crippen MR) is 93.1 cm³/mol. The number of amides is 1. The number of pyridine rings is 1. The summed E-state index contributed by atoms with van der Waals surface area (Å²) in [5.41, 5.74) is 2.62. The van der Waals surface area contributed by atoms with E-state index < -0.39 is 0 Å². The summed E-state index contributed by atoms with van der Waals surface area (Å²) in [6.07, 6.45) is 5.02. The van der Waals surface area contributed by atoms with Crippen LogP contribution in [0, 0.1) is 0 Å². The van der Waals surface area contributed by atoms with Crippen molar-refractivity contribution >= 4 is 41.0 Å². The molecule has 2 aromatic carbocycles. The number of nitrogens with one attached hydrogen (secondary N) is 1. The van der Waals surface area contributed by atoms with E-state index in [1.807, 2.05) is 54.6 Å². The van der Waals surface area contributed by atoms with Crippen molar-refractivity contribution < 1.29 is 4.79 Å². The van der Waals surface area contributed by atoms with E-state index in [1.165, 1.54) is 6.08 Å². The molecule has 3 aromatic rings. The number of anilines is 1. The van der Waals surface area contributed by atoms with Gasteiger partial charge in [0.15, 0.2) is 0 Å². The molecule has 0 aliphatic heterocycles. The van der Waals surface area contributed by atoms with Crippen LogP contribution in [0.2, 0.25) is 0 Å². The van der Waals surface area contributed by atoms with Gasteiger partial charge < -0.3 is 5.32 Å². The summed E-state index contributed by atoms with van der Waals surface area (Å²) >= 11 is 0. The maximum absolute atomic E-state index is 12.0. The van der Waals surface area contributed by atoms with E-state index in [1.54, 1.807) is 18.3 Å². The number of carbonyl (C=O) groups excluding carboxylic acids is 1. The molecule has 3 nitrogen and oxygen atoms in total. The molecular formula is C18H15ClN2O.